The van der Waals surface area contributed by atoms with E-state index >= 15 is 0 Å². The Bertz CT molecular complexity index is 231. The highest BCUT2D eigenvalue weighted by atomic mass is 16.5. The Morgan fingerprint density at radius 2 is 2.40 bits per heavy atom. The van der Waals surface area contributed by atoms with Gasteiger partial charge < -0.3 is 10.1 Å². The van der Waals surface area contributed by atoms with Crippen molar-refractivity contribution in [3.05, 3.63) is 12.7 Å². The standard InChI is InChI=1S/C11H20N2O2/c1-4-5-12-11(14)7-13-6-10(3)15-8-9(13)2/h4,9-10H,1,5-8H2,2-3H3,(H,12,14)/t9-,10-/m1/s1. The molecule has 0 saturated carbocycles. The number of carbonyl (C=O) groups excluding carboxylic acids is 1. The highest BCUT2D eigenvalue weighted by molar-refractivity contribution is 5.78. The number of carbonyl (C=O) groups is 1. The minimum Gasteiger partial charge on any atom is -0.376 e. The number of nitrogens with one attached hydrogen (secondary N) is 1. The van der Waals surface area contributed by atoms with Crippen molar-refractivity contribution in [2.24, 2.45) is 0 Å². The third-order valence-electron chi connectivity index (χ3n) is 2.53. The molecule has 0 aromatic carbocycles. The maximum absolute atomic E-state index is 11.5. The summed E-state index contributed by atoms with van der Waals surface area (Å²) in [6.07, 6.45) is 1.90. The van der Waals surface area contributed by atoms with Gasteiger partial charge in [0, 0.05) is 19.1 Å². The van der Waals surface area contributed by atoms with Crippen LogP contribution in [0, 0.1) is 0 Å². The molecule has 0 bridgehead atoms. The van der Waals surface area contributed by atoms with Crippen LogP contribution in [0.25, 0.3) is 0 Å². The third-order valence-corrected chi connectivity index (χ3v) is 2.53. The molecule has 0 radical (unpaired) electrons. The first-order valence-electron chi connectivity index (χ1n) is 5.36. The molecule has 1 fully saturated rings. The van der Waals surface area contributed by atoms with E-state index in [0.29, 0.717) is 25.7 Å². The van der Waals surface area contributed by atoms with E-state index in [2.05, 4.69) is 23.7 Å². The molecule has 1 heterocycles. The molecule has 4 nitrogen and oxygen atoms in total. The summed E-state index contributed by atoms with van der Waals surface area (Å²) in [7, 11) is 0. The molecule has 0 aliphatic carbocycles. The number of ether oxygens (including phenoxy) is 1. The molecular weight excluding hydrogens is 192 g/mol. The van der Waals surface area contributed by atoms with E-state index in [9.17, 15) is 4.79 Å². The van der Waals surface area contributed by atoms with Crippen molar-refractivity contribution in [1.29, 1.82) is 0 Å². The van der Waals surface area contributed by atoms with E-state index < -0.39 is 0 Å². The Hall–Kier alpha value is -0.870. The topological polar surface area (TPSA) is 41.6 Å². The van der Waals surface area contributed by atoms with Gasteiger partial charge in [0.25, 0.3) is 0 Å². The summed E-state index contributed by atoms with van der Waals surface area (Å²) in [4.78, 5) is 13.6. The van der Waals surface area contributed by atoms with Crippen LogP contribution in [0.1, 0.15) is 13.8 Å². The first kappa shape index (κ1) is 12.2. The Morgan fingerprint density at radius 1 is 1.67 bits per heavy atom. The molecule has 15 heavy (non-hydrogen) atoms. The molecule has 86 valence electrons. The maximum Gasteiger partial charge on any atom is 0.234 e. The molecule has 1 N–H and O–H groups in total. The van der Waals surface area contributed by atoms with Crippen LogP contribution < -0.4 is 5.32 Å². The molecular formula is C11H20N2O2. The van der Waals surface area contributed by atoms with E-state index in [1.807, 2.05) is 6.92 Å². The van der Waals surface area contributed by atoms with Crippen molar-refractivity contribution in [3.63, 3.8) is 0 Å². The second-order valence-electron chi connectivity index (χ2n) is 4.02. The predicted molar refractivity (Wildman–Crippen MR) is 59.7 cm³/mol. The van der Waals surface area contributed by atoms with Crippen molar-refractivity contribution in [1.82, 2.24) is 10.2 Å². The van der Waals surface area contributed by atoms with E-state index in [1.165, 1.54) is 0 Å². The number of amides is 1. The van der Waals surface area contributed by atoms with Crippen molar-refractivity contribution in [2.75, 3.05) is 26.2 Å². The second-order valence-corrected chi connectivity index (χ2v) is 4.02. The predicted octanol–water partition coefficient (Wildman–Crippen LogP) is 0.398. The van der Waals surface area contributed by atoms with Crippen LogP contribution in [0.4, 0.5) is 0 Å². The maximum atomic E-state index is 11.5. The Kier molecular flexibility index (Phi) is 4.78. The molecule has 0 spiro atoms. The zero-order chi connectivity index (χ0) is 11.3. The fourth-order valence-corrected chi connectivity index (χ4v) is 1.62. The lowest BCUT2D eigenvalue weighted by Gasteiger charge is -2.36. The first-order valence-corrected chi connectivity index (χ1v) is 5.36. The molecule has 4 heteroatoms. The van der Waals surface area contributed by atoms with Gasteiger partial charge in [-0.05, 0) is 13.8 Å². The van der Waals surface area contributed by atoms with Gasteiger partial charge in [-0.3, -0.25) is 9.69 Å². The van der Waals surface area contributed by atoms with Crippen molar-refractivity contribution in [2.45, 2.75) is 26.0 Å². The first-order chi connectivity index (χ1) is 7.13. The summed E-state index contributed by atoms with van der Waals surface area (Å²) in [5, 5.41) is 2.78. The average Bonchev–Trinajstić information content (AvgIpc) is 2.20. The van der Waals surface area contributed by atoms with Gasteiger partial charge in [0.2, 0.25) is 5.91 Å². The minimum absolute atomic E-state index is 0.0517. The van der Waals surface area contributed by atoms with E-state index in [4.69, 9.17) is 4.74 Å². The number of hydrogen-bond donors (Lipinski definition) is 1. The van der Waals surface area contributed by atoms with Crippen LogP contribution in [0.3, 0.4) is 0 Å². The highest BCUT2D eigenvalue weighted by Gasteiger charge is 2.24. The van der Waals surface area contributed by atoms with Crippen LogP contribution in [-0.4, -0.2) is 49.2 Å². The van der Waals surface area contributed by atoms with E-state index in [-0.39, 0.29) is 12.0 Å². The summed E-state index contributed by atoms with van der Waals surface area (Å²) >= 11 is 0. The largest absolute Gasteiger partial charge is 0.376 e. The van der Waals surface area contributed by atoms with E-state index in [1.54, 1.807) is 6.08 Å². The molecule has 1 rings (SSSR count). The zero-order valence-electron chi connectivity index (χ0n) is 9.53. The Balaban J connectivity index is 2.34. The number of hydrogen-bond acceptors (Lipinski definition) is 3. The van der Waals surface area contributed by atoms with Gasteiger partial charge in [-0.25, -0.2) is 0 Å². The average molecular weight is 212 g/mol. The highest BCUT2D eigenvalue weighted by Crippen LogP contribution is 2.10. The normalized spacial score (nSPS) is 27.3. The van der Waals surface area contributed by atoms with Crippen molar-refractivity contribution in [3.8, 4) is 0 Å². The molecule has 0 unspecified atom stereocenters. The molecule has 0 aromatic heterocycles. The zero-order valence-corrected chi connectivity index (χ0v) is 9.53. The minimum atomic E-state index is 0.0517. The third kappa shape index (κ3) is 4.01. The number of morpholine rings is 1. The van der Waals surface area contributed by atoms with Crippen LogP contribution in [-0.2, 0) is 9.53 Å². The smallest absolute Gasteiger partial charge is 0.234 e. The van der Waals surface area contributed by atoms with Crippen molar-refractivity contribution >= 4 is 5.91 Å². The lowest BCUT2D eigenvalue weighted by Crippen LogP contribution is -2.50. The second kappa shape index (κ2) is 5.88. The summed E-state index contributed by atoms with van der Waals surface area (Å²) in [5.41, 5.74) is 0. The molecule has 1 aliphatic rings. The van der Waals surface area contributed by atoms with Crippen LogP contribution in [0.2, 0.25) is 0 Å². The van der Waals surface area contributed by atoms with Gasteiger partial charge in [0.1, 0.15) is 0 Å². The molecule has 1 saturated heterocycles. The Morgan fingerprint density at radius 3 is 3.07 bits per heavy atom. The SMILES string of the molecule is C=CCNC(=O)CN1C[C@@H](C)OC[C@H]1C. The van der Waals surface area contributed by atoms with Gasteiger partial charge in [0.15, 0.2) is 0 Å². The van der Waals surface area contributed by atoms with Gasteiger partial charge in [-0.1, -0.05) is 6.08 Å². The molecule has 0 aromatic rings. The summed E-state index contributed by atoms with van der Waals surface area (Å²) < 4.78 is 5.49. The fraction of sp³-hybridized carbons (Fsp3) is 0.727. The van der Waals surface area contributed by atoms with Crippen LogP contribution in [0.5, 0.6) is 0 Å². The number of nitrogens with zero attached hydrogens (tertiary/aromatic N) is 1. The number of rotatable bonds is 4. The molecule has 1 amide bonds. The van der Waals surface area contributed by atoms with Gasteiger partial charge in [-0.15, -0.1) is 6.58 Å². The fourth-order valence-electron chi connectivity index (χ4n) is 1.62. The van der Waals surface area contributed by atoms with Gasteiger partial charge in [-0.2, -0.15) is 0 Å². The molecule has 2 atom stereocenters. The van der Waals surface area contributed by atoms with E-state index in [0.717, 1.165) is 6.54 Å². The quantitative estimate of drug-likeness (QED) is 0.686. The lowest BCUT2D eigenvalue weighted by molar-refractivity contribution is -0.125. The summed E-state index contributed by atoms with van der Waals surface area (Å²) in [6.45, 7) is 10.2. The summed E-state index contributed by atoms with van der Waals surface area (Å²) in [6, 6.07) is 0.315. The molecule has 1 aliphatic heterocycles. The van der Waals surface area contributed by atoms with Gasteiger partial charge in [0.05, 0.1) is 19.3 Å². The van der Waals surface area contributed by atoms with Crippen LogP contribution >= 0.6 is 0 Å². The van der Waals surface area contributed by atoms with Crippen LogP contribution in [0.15, 0.2) is 12.7 Å². The summed E-state index contributed by atoms with van der Waals surface area (Å²) in [5.74, 6) is 0.0517. The van der Waals surface area contributed by atoms with Gasteiger partial charge >= 0.3 is 0 Å². The van der Waals surface area contributed by atoms with Crippen molar-refractivity contribution < 1.29 is 9.53 Å². The lowest BCUT2D eigenvalue weighted by atomic mass is 10.2. The monoisotopic (exact) mass is 212 g/mol. The Labute approximate surface area is 91.3 Å².